The van der Waals surface area contributed by atoms with Crippen molar-refractivity contribution in [2.45, 2.75) is 19.5 Å². The lowest BCUT2D eigenvalue weighted by Gasteiger charge is -2.20. The maximum Gasteiger partial charge on any atom is 0.256 e. The van der Waals surface area contributed by atoms with Crippen molar-refractivity contribution in [1.82, 2.24) is 15.1 Å². The standard InChI is InChI=1S/C26H23ClFN3O2/c1-18-24(25(27)31(30-18)16-19-10-4-2-5-11-19)26(32)29-22(20-12-6-3-7-13-20)17-33-23-15-9-8-14-21(23)28/h2-15,22H,16-17H2,1H3,(H,29,32). The number of carbonyl (C=O) groups is 1. The van der Waals surface area contributed by atoms with E-state index in [2.05, 4.69) is 10.4 Å². The second-order valence-electron chi connectivity index (χ2n) is 7.57. The molecule has 4 rings (SSSR count). The fourth-order valence-corrected chi connectivity index (χ4v) is 3.86. The zero-order valence-electron chi connectivity index (χ0n) is 18.0. The van der Waals surface area contributed by atoms with Crippen molar-refractivity contribution in [3.8, 4) is 5.75 Å². The highest BCUT2D eigenvalue weighted by atomic mass is 35.5. The van der Waals surface area contributed by atoms with Gasteiger partial charge in [0.25, 0.3) is 5.91 Å². The Morgan fingerprint density at radius 1 is 1.03 bits per heavy atom. The molecule has 0 aliphatic heterocycles. The highest BCUT2D eigenvalue weighted by Gasteiger charge is 2.24. The molecule has 0 fully saturated rings. The average molecular weight is 464 g/mol. The predicted octanol–water partition coefficient (Wildman–Crippen LogP) is 5.58. The van der Waals surface area contributed by atoms with E-state index in [-0.39, 0.29) is 23.4 Å². The van der Waals surface area contributed by atoms with Crippen LogP contribution in [-0.4, -0.2) is 22.3 Å². The number of aromatic nitrogens is 2. The highest BCUT2D eigenvalue weighted by Crippen LogP contribution is 2.24. The summed E-state index contributed by atoms with van der Waals surface area (Å²) in [5, 5.41) is 7.69. The summed E-state index contributed by atoms with van der Waals surface area (Å²) >= 11 is 6.56. The van der Waals surface area contributed by atoms with Crippen LogP contribution in [0.25, 0.3) is 0 Å². The fourth-order valence-electron chi connectivity index (χ4n) is 3.54. The fraction of sp³-hybridized carbons (Fsp3) is 0.154. The molecule has 1 N–H and O–H groups in total. The Bertz CT molecular complexity index is 1230. The smallest absolute Gasteiger partial charge is 0.256 e. The van der Waals surface area contributed by atoms with Crippen LogP contribution in [0, 0.1) is 12.7 Å². The van der Waals surface area contributed by atoms with Crippen LogP contribution in [0.15, 0.2) is 84.9 Å². The largest absolute Gasteiger partial charge is 0.488 e. The molecule has 0 bridgehead atoms. The lowest BCUT2D eigenvalue weighted by Crippen LogP contribution is -2.33. The van der Waals surface area contributed by atoms with Gasteiger partial charge in [-0.2, -0.15) is 5.10 Å². The van der Waals surface area contributed by atoms with Gasteiger partial charge in [0.15, 0.2) is 11.6 Å². The predicted molar refractivity (Wildman–Crippen MR) is 126 cm³/mol. The van der Waals surface area contributed by atoms with E-state index in [4.69, 9.17) is 16.3 Å². The summed E-state index contributed by atoms with van der Waals surface area (Å²) in [5.74, 6) is -0.711. The Morgan fingerprint density at radius 3 is 2.36 bits per heavy atom. The third-order valence-electron chi connectivity index (χ3n) is 5.22. The molecule has 1 amide bonds. The normalized spacial score (nSPS) is 11.7. The molecule has 0 spiro atoms. The Hall–Kier alpha value is -3.64. The van der Waals surface area contributed by atoms with Crippen LogP contribution in [0.5, 0.6) is 5.75 Å². The summed E-state index contributed by atoms with van der Waals surface area (Å²) in [6.45, 7) is 2.24. The van der Waals surface area contributed by atoms with Gasteiger partial charge in [0, 0.05) is 0 Å². The molecular weight excluding hydrogens is 441 g/mol. The Morgan fingerprint density at radius 2 is 1.67 bits per heavy atom. The number of amides is 1. The molecule has 0 aliphatic rings. The van der Waals surface area contributed by atoms with Gasteiger partial charge in [0.2, 0.25) is 0 Å². The molecule has 0 radical (unpaired) electrons. The average Bonchev–Trinajstić information content (AvgIpc) is 3.11. The van der Waals surface area contributed by atoms with Crippen molar-refractivity contribution in [3.05, 3.63) is 118 Å². The minimum atomic E-state index is -0.522. The molecule has 1 atom stereocenters. The van der Waals surface area contributed by atoms with Crippen LogP contribution in [0.1, 0.15) is 33.2 Å². The van der Waals surface area contributed by atoms with Gasteiger partial charge < -0.3 is 10.1 Å². The van der Waals surface area contributed by atoms with Gasteiger partial charge in [-0.1, -0.05) is 84.4 Å². The van der Waals surface area contributed by atoms with Gasteiger partial charge in [-0.05, 0) is 30.2 Å². The first kappa shape index (κ1) is 22.6. The van der Waals surface area contributed by atoms with Crippen molar-refractivity contribution >= 4 is 17.5 Å². The van der Waals surface area contributed by atoms with E-state index in [0.29, 0.717) is 17.8 Å². The van der Waals surface area contributed by atoms with Crippen molar-refractivity contribution in [2.75, 3.05) is 6.61 Å². The van der Waals surface area contributed by atoms with E-state index in [1.807, 2.05) is 60.7 Å². The molecule has 33 heavy (non-hydrogen) atoms. The number of nitrogens with one attached hydrogen (secondary N) is 1. The number of rotatable bonds is 8. The summed E-state index contributed by atoms with van der Waals surface area (Å²) in [6.07, 6.45) is 0. The first-order valence-corrected chi connectivity index (χ1v) is 10.9. The van der Waals surface area contributed by atoms with Gasteiger partial charge in [-0.15, -0.1) is 0 Å². The van der Waals surface area contributed by atoms with Crippen LogP contribution >= 0.6 is 11.6 Å². The van der Waals surface area contributed by atoms with Crippen molar-refractivity contribution in [1.29, 1.82) is 0 Å². The third kappa shape index (κ3) is 5.41. The minimum absolute atomic E-state index is 0.0471. The van der Waals surface area contributed by atoms with Crippen molar-refractivity contribution in [3.63, 3.8) is 0 Å². The van der Waals surface area contributed by atoms with Crippen LogP contribution < -0.4 is 10.1 Å². The topological polar surface area (TPSA) is 56.2 Å². The molecule has 7 heteroatoms. The number of ether oxygens (including phenoxy) is 1. The summed E-state index contributed by atoms with van der Waals surface area (Å²) in [6, 6.07) is 24.8. The lowest BCUT2D eigenvalue weighted by molar-refractivity contribution is 0.0920. The number of para-hydroxylation sites is 1. The van der Waals surface area contributed by atoms with Crippen LogP contribution in [-0.2, 0) is 6.54 Å². The monoisotopic (exact) mass is 463 g/mol. The molecule has 1 heterocycles. The highest BCUT2D eigenvalue weighted by molar-refractivity contribution is 6.33. The molecule has 0 aliphatic carbocycles. The first-order chi connectivity index (χ1) is 16.0. The van der Waals surface area contributed by atoms with E-state index >= 15 is 0 Å². The van der Waals surface area contributed by atoms with Crippen molar-refractivity contribution < 1.29 is 13.9 Å². The Balaban J connectivity index is 1.55. The van der Waals surface area contributed by atoms with Gasteiger partial charge in [0.05, 0.1) is 23.8 Å². The molecular formula is C26H23ClFN3O2. The number of hydrogen-bond acceptors (Lipinski definition) is 3. The molecule has 0 saturated heterocycles. The van der Waals surface area contributed by atoms with E-state index in [9.17, 15) is 9.18 Å². The summed E-state index contributed by atoms with van der Waals surface area (Å²) in [7, 11) is 0. The van der Waals surface area contributed by atoms with Gasteiger partial charge in [-0.3, -0.25) is 4.79 Å². The number of aryl methyl sites for hydroxylation is 1. The van der Waals surface area contributed by atoms with Crippen molar-refractivity contribution in [2.24, 2.45) is 0 Å². The van der Waals surface area contributed by atoms with Crippen LogP contribution in [0.4, 0.5) is 4.39 Å². The van der Waals surface area contributed by atoms with E-state index in [1.165, 1.54) is 6.07 Å². The van der Waals surface area contributed by atoms with Gasteiger partial charge >= 0.3 is 0 Å². The zero-order chi connectivity index (χ0) is 23.2. The lowest BCUT2D eigenvalue weighted by atomic mass is 10.1. The number of benzene rings is 3. The third-order valence-corrected chi connectivity index (χ3v) is 5.60. The molecule has 0 saturated carbocycles. The quantitative estimate of drug-likeness (QED) is 0.371. The number of hydrogen-bond donors (Lipinski definition) is 1. The number of halogens is 2. The number of nitrogens with zero attached hydrogens (tertiary/aromatic N) is 2. The van der Waals surface area contributed by atoms with E-state index in [0.717, 1.165) is 11.1 Å². The molecule has 168 valence electrons. The second kappa shape index (κ2) is 10.3. The van der Waals surface area contributed by atoms with Gasteiger partial charge in [0.1, 0.15) is 11.8 Å². The minimum Gasteiger partial charge on any atom is -0.488 e. The molecule has 4 aromatic rings. The second-order valence-corrected chi connectivity index (χ2v) is 7.93. The maximum atomic E-state index is 14.0. The number of carbonyl (C=O) groups excluding carboxylic acids is 1. The zero-order valence-corrected chi connectivity index (χ0v) is 18.8. The summed E-state index contributed by atoms with van der Waals surface area (Å²) in [4.78, 5) is 13.2. The molecule has 1 aromatic heterocycles. The molecule has 5 nitrogen and oxygen atoms in total. The van der Waals surface area contributed by atoms with Crippen LogP contribution in [0.2, 0.25) is 5.15 Å². The maximum absolute atomic E-state index is 14.0. The molecule has 1 unspecified atom stereocenters. The summed E-state index contributed by atoms with van der Waals surface area (Å²) < 4.78 is 21.3. The SMILES string of the molecule is Cc1nn(Cc2ccccc2)c(Cl)c1C(=O)NC(COc1ccccc1F)c1ccccc1. The first-order valence-electron chi connectivity index (χ1n) is 10.5. The Kier molecular flexibility index (Phi) is 7.05. The van der Waals surface area contributed by atoms with E-state index < -0.39 is 11.9 Å². The van der Waals surface area contributed by atoms with E-state index in [1.54, 1.807) is 29.8 Å². The Labute approximate surface area is 196 Å². The van der Waals surface area contributed by atoms with Gasteiger partial charge in [-0.25, -0.2) is 9.07 Å². The summed E-state index contributed by atoms with van der Waals surface area (Å²) in [5.41, 5.74) is 2.68. The molecule has 3 aromatic carbocycles. The van der Waals surface area contributed by atoms with Crippen LogP contribution in [0.3, 0.4) is 0 Å².